The molecule has 7 aromatic carbocycles. The molecule has 0 unspecified atom stereocenters. The van der Waals surface area contributed by atoms with Crippen LogP contribution in [-0.2, 0) is 0 Å². The lowest BCUT2D eigenvalue weighted by Gasteiger charge is -2.16. The molecular formula is C56H40N2. The Balaban J connectivity index is 1.01. The zero-order valence-corrected chi connectivity index (χ0v) is 32.4. The number of hydrogen-bond donors (Lipinski definition) is 1. The fraction of sp³-hybridized carbons (Fsp3) is 0.0893. The summed E-state index contributed by atoms with van der Waals surface area (Å²) in [5.74, 6) is 0. The summed E-state index contributed by atoms with van der Waals surface area (Å²) in [6.45, 7) is 2.16. The van der Waals surface area contributed by atoms with Crippen LogP contribution in [0.15, 0.2) is 158 Å². The van der Waals surface area contributed by atoms with Crippen LogP contribution < -0.4 is 5.73 Å². The number of hydrogen-bond acceptors (Lipinski definition) is 2. The monoisotopic (exact) mass is 740 g/mol. The molecule has 8 aromatic rings. The molecule has 4 aliphatic carbocycles. The lowest BCUT2D eigenvalue weighted by atomic mass is 9.87. The Kier molecular flexibility index (Phi) is 7.28. The zero-order valence-electron chi connectivity index (χ0n) is 32.4. The van der Waals surface area contributed by atoms with Crippen molar-refractivity contribution in [3.05, 3.63) is 191 Å². The Labute approximate surface area is 338 Å². The molecule has 0 fully saturated rings. The molecule has 4 aliphatic rings. The first-order valence-corrected chi connectivity index (χ1v) is 20.6. The molecule has 0 radical (unpaired) electrons. The molecule has 12 rings (SSSR count). The largest absolute Gasteiger partial charge is 0.396 e. The van der Waals surface area contributed by atoms with Gasteiger partial charge in [0, 0.05) is 11.6 Å². The maximum Gasteiger partial charge on any atom is 0.0937 e. The predicted molar refractivity (Wildman–Crippen MR) is 248 cm³/mol. The molecule has 2 heteroatoms. The van der Waals surface area contributed by atoms with E-state index in [1.165, 1.54) is 99.5 Å². The van der Waals surface area contributed by atoms with E-state index in [0.29, 0.717) is 5.69 Å². The molecule has 0 spiro atoms. The Hall–Kier alpha value is -7.03. The van der Waals surface area contributed by atoms with E-state index in [9.17, 15) is 0 Å². The summed E-state index contributed by atoms with van der Waals surface area (Å²) in [4.78, 5) is 4.55. The van der Waals surface area contributed by atoms with Crippen LogP contribution >= 0.6 is 0 Å². The van der Waals surface area contributed by atoms with Crippen LogP contribution in [0.2, 0.25) is 0 Å². The highest BCUT2D eigenvalue weighted by Gasteiger charge is 2.27. The number of nitrogen functional groups attached to an aromatic ring is 1. The molecule has 0 saturated heterocycles. The van der Waals surface area contributed by atoms with Crippen molar-refractivity contribution in [1.29, 1.82) is 0 Å². The second-order valence-corrected chi connectivity index (χ2v) is 16.3. The van der Waals surface area contributed by atoms with Gasteiger partial charge in [-0.3, -0.25) is 4.98 Å². The van der Waals surface area contributed by atoms with Crippen LogP contribution in [0.5, 0.6) is 0 Å². The van der Waals surface area contributed by atoms with E-state index in [-0.39, 0.29) is 0 Å². The van der Waals surface area contributed by atoms with Gasteiger partial charge in [-0.15, -0.1) is 0 Å². The third-order valence-corrected chi connectivity index (χ3v) is 13.1. The number of benzene rings is 7. The molecule has 2 N–H and O–H groups in total. The van der Waals surface area contributed by atoms with E-state index in [4.69, 9.17) is 5.73 Å². The summed E-state index contributed by atoms with van der Waals surface area (Å²) in [6.07, 6.45) is 17.7. The molecule has 0 bridgehead atoms. The highest BCUT2D eigenvalue weighted by molar-refractivity contribution is 6.21. The van der Waals surface area contributed by atoms with E-state index >= 15 is 0 Å². The number of nitrogens with zero attached hydrogens (tertiary/aromatic N) is 1. The van der Waals surface area contributed by atoms with Crippen LogP contribution in [0.3, 0.4) is 0 Å². The number of fused-ring (bicyclic) bond motifs is 5. The molecule has 0 amide bonds. The van der Waals surface area contributed by atoms with E-state index in [1.807, 2.05) is 6.07 Å². The van der Waals surface area contributed by atoms with E-state index in [0.717, 1.165) is 53.3 Å². The molecular weight excluding hydrogens is 701 g/mol. The normalized spacial score (nSPS) is 15.3. The van der Waals surface area contributed by atoms with Gasteiger partial charge < -0.3 is 5.73 Å². The summed E-state index contributed by atoms with van der Waals surface area (Å²) in [5, 5.41) is 6.49. The molecule has 0 saturated carbocycles. The average Bonchev–Trinajstić information content (AvgIpc) is 3.79. The second kappa shape index (κ2) is 12.7. The van der Waals surface area contributed by atoms with Crippen LogP contribution in [0.25, 0.3) is 99.8 Å². The fourth-order valence-corrected chi connectivity index (χ4v) is 10.3. The highest BCUT2D eigenvalue weighted by atomic mass is 14.7. The maximum absolute atomic E-state index is 6.62. The number of nitrogens with two attached hydrogens (primary N) is 1. The van der Waals surface area contributed by atoms with Crippen molar-refractivity contribution < 1.29 is 0 Å². The summed E-state index contributed by atoms with van der Waals surface area (Å²) in [7, 11) is 0. The lowest BCUT2D eigenvalue weighted by molar-refractivity contribution is 1.06. The average molecular weight is 741 g/mol. The maximum atomic E-state index is 6.62. The minimum Gasteiger partial charge on any atom is -0.396 e. The molecule has 1 aromatic heterocycles. The number of rotatable bonds is 5. The topological polar surface area (TPSA) is 38.9 Å². The Morgan fingerprint density at radius 1 is 0.552 bits per heavy atom. The standard InChI is InChI=1S/C56H40N2/c1-33(29-37-23-22-36-9-8-28-58-56(36)55(37)57)34-18-20-35(21-19-34)38-30-39(41-24-26-51-45-12-4-2-10-43(45)49-16-6-14-47(41)53(49)51)32-40(31-38)42-25-27-52-46-13-5-3-11-44(46)50-17-7-15-48(42)54(50)52/h2-3,6-11,14-32H,4-5,12-13,57H2,1H3/b33-29+. The first-order valence-electron chi connectivity index (χ1n) is 20.6. The van der Waals surface area contributed by atoms with Gasteiger partial charge in [-0.2, -0.15) is 0 Å². The minimum atomic E-state index is 0.712. The van der Waals surface area contributed by atoms with E-state index in [1.54, 1.807) is 6.20 Å². The summed E-state index contributed by atoms with van der Waals surface area (Å²) in [5.41, 5.74) is 30.3. The Morgan fingerprint density at radius 3 is 1.76 bits per heavy atom. The number of aromatic nitrogens is 1. The van der Waals surface area contributed by atoms with Crippen molar-refractivity contribution in [3.8, 4) is 33.4 Å². The summed E-state index contributed by atoms with van der Waals surface area (Å²) >= 11 is 0. The van der Waals surface area contributed by atoms with Crippen molar-refractivity contribution in [1.82, 2.24) is 4.98 Å². The van der Waals surface area contributed by atoms with Gasteiger partial charge in [0.25, 0.3) is 0 Å². The van der Waals surface area contributed by atoms with Crippen molar-refractivity contribution in [2.45, 2.75) is 32.6 Å². The van der Waals surface area contributed by atoms with Gasteiger partial charge in [-0.05, 0) is 179 Å². The summed E-state index contributed by atoms with van der Waals surface area (Å²) < 4.78 is 0. The quantitative estimate of drug-likeness (QED) is 0.141. The third kappa shape index (κ3) is 4.94. The van der Waals surface area contributed by atoms with Crippen LogP contribution in [0.1, 0.15) is 66.0 Å². The molecule has 1 heterocycles. The highest BCUT2D eigenvalue weighted by Crippen LogP contribution is 2.51. The molecule has 58 heavy (non-hydrogen) atoms. The third-order valence-electron chi connectivity index (χ3n) is 13.1. The van der Waals surface area contributed by atoms with Gasteiger partial charge in [0.05, 0.1) is 11.2 Å². The van der Waals surface area contributed by atoms with Crippen molar-refractivity contribution >= 4 is 72.1 Å². The Bertz CT molecular complexity index is 3130. The van der Waals surface area contributed by atoms with Crippen LogP contribution in [0, 0.1) is 0 Å². The number of anilines is 1. The van der Waals surface area contributed by atoms with Crippen LogP contribution in [0.4, 0.5) is 5.69 Å². The van der Waals surface area contributed by atoms with Gasteiger partial charge in [0.1, 0.15) is 0 Å². The van der Waals surface area contributed by atoms with E-state index < -0.39 is 0 Å². The van der Waals surface area contributed by atoms with Gasteiger partial charge in [0.2, 0.25) is 0 Å². The first kappa shape index (κ1) is 33.1. The number of pyridine rings is 1. The first-order chi connectivity index (χ1) is 28.6. The molecule has 2 nitrogen and oxygen atoms in total. The SMILES string of the molecule is C/C(=C\c1ccc2cccnc2c1N)c1ccc(-c2cc(-c3ccc4c5c(cccc35)C3=C4CCC=C3)cc(-c3ccc4c5c(cccc35)C3=C4CCC=C3)c2)cc1. The predicted octanol–water partition coefficient (Wildman–Crippen LogP) is 14.8. The van der Waals surface area contributed by atoms with Gasteiger partial charge in [-0.25, -0.2) is 0 Å². The van der Waals surface area contributed by atoms with Crippen molar-refractivity contribution in [3.63, 3.8) is 0 Å². The molecule has 274 valence electrons. The van der Waals surface area contributed by atoms with Gasteiger partial charge in [0.15, 0.2) is 0 Å². The smallest absolute Gasteiger partial charge is 0.0937 e. The summed E-state index contributed by atoms with van der Waals surface area (Å²) in [6, 6.07) is 47.8. The molecule has 0 atom stereocenters. The number of allylic oxidation sites excluding steroid dienone is 9. The Morgan fingerprint density at radius 2 is 1.14 bits per heavy atom. The van der Waals surface area contributed by atoms with Crippen LogP contribution in [-0.4, -0.2) is 4.98 Å². The van der Waals surface area contributed by atoms with E-state index in [2.05, 4.69) is 164 Å². The van der Waals surface area contributed by atoms with Crippen molar-refractivity contribution in [2.24, 2.45) is 0 Å². The van der Waals surface area contributed by atoms with Gasteiger partial charge >= 0.3 is 0 Å². The fourth-order valence-electron chi connectivity index (χ4n) is 10.3. The van der Waals surface area contributed by atoms with Gasteiger partial charge in [-0.1, -0.05) is 127 Å². The van der Waals surface area contributed by atoms with Crippen molar-refractivity contribution in [2.75, 3.05) is 5.73 Å². The molecule has 0 aliphatic heterocycles. The lowest BCUT2D eigenvalue weighted by Crippen LogP contribution is -1.93. The minimum absolute atomic E-state index is 0.712. The zero-order chi connectivity index (χ0) is 38.5. The second-order valence-electron chi connectivity index (χ2n) is 16.3.